The summed E-state index contributed by atoms with van der Waals surface area (Å²) in [6.07, 6.45) is 22.3. The van der Waals surface area contributed by atoms with Crippen molar-refractivity contribution >= 4 is 23.5 Å². The largest absolute Gasteiger partial charge is 0.490 e. The lowest BCUT2D eigenvalue weighted by atomic mass is 10.0. The summed E-state index contributed by atoms with van der Waals surface area (Å²) in [4.78, 5) is 46.2. The van der Waals surface area contributed by atoms with Crippen molar-refractivity contribution in [2.75, 3.05) is 19.8 Å². The number of H-pyrrole nitrogens is 1. The number of hydrogen-bond acceptors (Lipinski definition) is 11. The van der Waals surface area contributed by atoms with Gasteiger partial charge in [0.15, 0.2) is 6.23 Å². The van der Waals surface area contributed by atoms with Crippen LogP contribution >= 0.6 is 23.5 Å². The Hall–Kier alpha value is -1.21. The molecule has 3 N–H and O–H groups in total. The Morgan fingerprint density at radius 3 is 1.74 bits per heavy atom. The van der Waals surface area contributed by atoms with Gasteiger partial charge in [0.1, 0.15) is 6.10 Å². The zero-order valence-corrected chi connectivity index (χ0v) is 32.6. The lowest BCUT2D eigenvalue weighted by Gasteiger charge is -2.22. The fraction of sp³-hybridized carbons (Fsp3) is 0.812. The third-order valence-electron chi connectivity index (χ3n) is 8.03. The fourth-order valence-electron chi connectivity index (χ4n) is 5.21. The Morgan fingerprint density at radius 2 is 1.20 bits per heavy atom. The van der Waals surface area contributed by atoms with Crippen molar-refractivity contribution in [1.82, 2.24) is 9.55 Å². The topological polar surface area (TPSA) is 202 Å². The van der Waals surface area contributed by atoms with Crippen LogP contribution in [0.4, 0.5) is 0 Å². The molecule has 290 valence electrons. The quantitative estimate of drug-likeness (QED) is 0.0381. The fourth-order valence-corrected chi connectivity index (χ4v) is 9.33. The number of phosphoric acid groups is 3. The van der Waals surface area contributed by atoms with E-state index >= 15 is 0 Å². The Morgan fingerprint density at radius 1 is 0.700 bits per heavy atom. The molecular formula is C32H59N2O13P3. The molecular weight excluding hydrogens is 713 g/mol. The number of rotatable bonds is 30. The van der Waals surface area contributed by atoms with Crippen molar-refractivity contribution < 1.29 is 50.4 Å². The second-order valence-corrected chi connectivity index (χ2v) is 17.4. The number of phosphoric ester groups is 2. The standard InChI is InChI=1S/C32H59N2O13P3/c1-4-6-8-9-10-11-12-13-14-15-16-17-18-19-20-21-25-43-50(41,42-24-7-5-2)47-49(39,40)46-48(37,38)44-27-29-22-23-30(45-29)34-26-28(3)31(35)33-32(34)36/h22-23,26,29-30H,4-21,24-25,27H2,1-3H3,(H,37,38)(H,39,40)(H,33,35,36)/t29-,30+,50?/m0/s1. The second kappa shape index (κ2) is 24.2. The van der Waals surface area contributed by atoms with Gasteiger partial charge in [-0.25, -0.2) is 18.5 Å². The number of hydrogen-bond donors (Lipinski definition) is 3. The van der Waals surface area contributed by atoms with E-state index in [4.69, 9.17) is 22.6 Å². The first kappa shape index (κ1) is 44.9. The number of unbranched alkanes of at least 4 members (excludes halogenated alkanes) is 16. The highest BCUT2D eigenvalue weighted by atomic mass is 31.3. The number of aryl methyl sites for hydroxylation is 1. The minimum Gasteiger partial charge on any atom is -0.344 e. The number of aromatic amines is 1. The van der Waals surface area contributed by atoms with Gasteiger partial charge in [0.25, 0.3) is 5.56 Å². The minimum absolute atomic E-state index is 0.0838. The van der Waals surface area contributed by atoms with Crippen LogP contribution < -0.4 is 11.2 Å². The van der Waals surface area contributed by atoms with Gasteiger partial charge in [-0.2, -0.15) is 8.62 Å². The highest BCUT2D eigenvalue weighted by molar-refractivity contribution is 7.67. The first-order chi connectivity index (χ1) is 23.8. The normalized spacial score (nSPS) is 19.7. The molecule has 0 aromatic carbocycles. The molecule has 3 unspecified atom stereocenters. The van der Waals surface area contributed by atoms with E-state index in [1.807, 2.05) is 6.92 Å². The minimum atomic E-state index is -5.50. The summed E-state index contributed by atoms with van der Waals surface area (Å²) >= 11 is 0. The van der Waals surface area contributed by atoms with E-state index in [0.29, 0.717) is 19.3 Å². The van der Waals surface area contributed by atoms with Gasteiger partial charge in [0.05, 0.1) is 19.8 Å². The maximum absolute atomic E-state index is 13.2. The maximum Gasteiger partial charge on any atom is 0.490 e. The van der Waals surface area contributed by atoms with Gasteiger partial charge < -0.3 is 14.5 Å². The molecule has 18 heteroatoms. The van der Waals surface area contributed by atoms with Crippen LogP contribution in [0.25, 0.3) is 0 Å². The van der Waals surface area contributed by atoms with Crippen molar-refractivity contribution in [3.8, 4) is 0 Å². The van der Waals surface area contributed by atoms with Crippen LogP contribution in [0.3, 0.4) is 0 Å². The van der Waals surface area contributed by atoms with Crippen LogP contribution in [-0.2, 0) is 40.6 Å². The summed E-state index contributed by atoms with van der Waals surface area (Å²) < 4.78 is 69.3. The van der Waals surface area contributed by atoms with Crippen LogP contribution in [0.5, 0.6) is 0 Å². The van der Waals surface area contributed by atoms with E-state index in [2.05, 4.69) is 16.2 Å². The summed E-state index contributed by atoms with van der Waals surface area (Å²) in [6.45, 7) is 4.78. The van der Waals surface area contributed by atoms with Crippen molar-refractivity contribution in [2.24, 2.45) is 0 Å². The van der Waals surface area contributed by atoms with Crippen LogP contribution in [0.2, 0.25) is 0 Å². The highest BCUT2D eigenvalue weighted by Crippen LogP contribution is 2.69. The van der Waals surface area contributed by atoms with Gasteiger partial charge in [0.2, 0.25) is 0 Å². The zero-order valence-electron chi connectivity index (χ0n) is 29.9. The summed E-state index contributed by atoms with van der Waals surface area (Å²) in [5, 5.41) is 0. The van der Waals surface area contributed by atoms with Gasteiger partial charge in [-0.15, -0.1) is 0 Å². The molecule has 5 atom stereocenters. The zero-order chi connectivity index (χ0) is 36.9. The van der Waals surface area contributed by atoms with E-state index in [1.165, 1.54) is 95.9 Å². The third-order valence-corrected chi connectivity index (χ3v) is 12.8. The van der Waals surface area contributed by atoms with Crippen molar-refractivity contribution in [3.05, 3.63) is 44.8 Å². The SMILES string of the molecule is CCCCCCCCCCCCCCCCCCOP(=O)(OCCCC)OP(=O)(O)OP(=O)(O)OC[C@@H]1C=C[C@H](n2cc(C)c(=O)[nH]c2=O)O1. The van der Waals surface area contributed by atoms with Crippen LogP contribution in [-0.4, -0.2) is 45.3 Å². The Labute approximate surface area is 296 Å². The molecule has 1 aliphatic heterocycles. The van der Waals surface area contributed by atoms with Crippen molar-refractivity contribution in [3.63, 3.8) is 0 Å². The highest BCUT2D eigenvalue weighted by Gasteiger charge is 2.44. The van der Waals surface area contributed by atoms with Gasteiger partial charge >= 0.3 is 29.2 Å². The lowest BCUT2D eigenvalue weighted by Crippen LogP contribution is -2.33. The molecule has 0 fully saturated rings. The molecule has 1 aromatic rings. The maximum atomic E-state index is 13.2. The van der Waals surface area contributed by atoms with Crippen molar-refractivity contribution in [2.45, 2.75) is 149 Å². The van der Waals surface area contributed by atoms with Gasteiger partial charge in [-0.1, -0.05) is 123 Å². The third kappa shape index (κ3) is 19.0. The molecule has 1 aromatic heterocycles. The molecule has 15 nitrogen and oxygen atoms in total. The Bertz CT molecular complexity index is 1400. The molecule has 0 saturated carbocycles. The summed E-state index contributed by atoms with van der Waals surface area (Å²) in [5.41, 5.74) is -1.01. The predicted molar refractivity (Wildman–Crippen MR) is 191 cm³/mol. The van der Waals surface area contributed by atoms with Crippen LogP contribution in [0.15, 0.2) is 27.9 Å². The van der Waals surface area contributed by atoms with Crippen molar-refractivity contribution in [1.29, 1.82) is 0 Å². The summed E-state index contributed by atoms with van der Waals surface area (Å²) in [5.74, 6) is 0. The summed E-state index contributed by atoms with van der Waals surface area (Å²) in [7, 11) is -15.4. The van der Waals surface area contributed by atoms with E-state index < -0.39 is 53.7 Å². The number of aromatic nitrogens is 2. The molecule has 50 heavy (non-hydrogen) atoms. The van der Waals surface area contributed by atoms with E-state index in [0.717, 1.165) is 30.3 Å². The van der Waals surface area contributed by atoms with E-state index in [1.54, 1.807) is 0 Å². The first-order valence-electron chi connectivity index (χ1n) is 18.1. The number of ether oxygens (including phenoxy) is 1. The van der Waals surface area contributed by atoms with Crippen LogP contribution in [0, 0.1) is 6.92 Å². The smallest absolute Gasteiger partial charge is 0.344 e. The molecule has 2 rings (SSSR count). The van der Waals surface area contributed by atoms with Crippen LogP contribution in [0.1, 0.15) is 141 Å². The molecule has 0 saturated heterocycles. The molecule has 0 aliphatic carbocycles. The van der Waals surface area contributed by atoms with E-state index in [9.17, 15) is 33.1 Å². The molecule has 0 bridgehead atoms. The average Bonchev–Trinajstić information content (AvgIpc) is 3.51. The molecule has 1 aliphatic rings. The average molecular weight is 773 g/mol. The number of nitrogens with zero attached hydrogens (tertiary/aromatic N) is 1. The first-order valence-corrected chi connectivity index (χ1v) is 22.5. The Balaban J connectivity index is 1.69. The predicted octanol–water partition coefficient (Wildman–Crippen LogP) is 8.75. The monoisotopic (exact) mass is 772 g/mol. The van der Waals surface area contributed by atoms with Gasteiger partial charge in [-0.05, 0) is 25.8 Å². The molecule has 0 radical (unpaired) electrons. The summed E-state index contributed by atoms with van der Waals surface area (Å²) in [6, 6.07) is 0. The lowest BCUT2D eigenvalue weighted by molar-refractivity contribution is -0.0105. The molecule has 2 heterocycles. The Kier molecular flexibility index (Phi) is 21.7. The molecule has 0 amide bonds. The van der Waals surface area contributed by atoms with Gasteiger partial charge in [-0.3, -0.25) is 27.9 Å². The van der Waals surface area contributed by atoms with Gasteiger partial charge in [0, 0.05) is 11.8 Å². The molecule has 0 spiro atoms. The number of nitrogens with one attached hydrogen (secondary N) is 1. The second-order valence-electron chi connectivity index (χ2n) is 12.6. The van der Waals surface area contributed by atoms with E-state index in [-0.39, 0.29) is 18.8 Å².